The Balaban J connectivity index is 2.13. The number of sulfonamides is 1. The molecule has 2 rings (SSSR count). The molecular formula is C20H31N3O6S. The van der Waals surface area contributed by atoms with Gasteiger partial charge in [0.15, 0.2) is 0 Å². The van der Waals surface area contributed by atoms with E-state index in [1.165, 1.54) is 25.3 Å². The van der Waals surface area contributed by atoms with Gasteiger partial charge in [-0.05, 0) is 65.7 Å². The van der Waals surface area contributed by atoms with Crippen LogP contribution in [-0.2, 0) is 19.5 Å². The molecule has 1 aromatic carbocycles. The molecular weight excluding hydrogens is 410 g/mol. The average Bonchev–Trinajstić information content (AvgIpc) is 3.33. The summed E-state index contributed by atoms with van der Waals surface area (Å²) >= 11 is 0. The van der Waals surface area contributed by atoms with Crippen LogP contribution in [0.5, 0.6) is 0 Å². The Labute approximate surface area is 177 Å². The van der Waals surface area contributed by atoms with Gasteiger partial charge in [0.05, 0.1) is 17.6 Å². The molecule has 1 aliphatic carbocycles. The number of methoxy groups -OCH3 is 1. The van der Waals surface area contributed by atoms with E-state index in [4.69, 9.17) is 9.47 Å². The fourth-order valence-corrected chi connectivity index (χ4v) is 4.13. The van der Waals surface area contributed by atoms with Crippen LogP contribution >= 0.6 is 0 Å². The van der Waals surface area contributed by atoms with E-state index < -0.39 is 33.2 Å². The van der Waals surface area contributed by atoms with Crippen molar-refractivity contribution in [2.24, 2.45) is 0 Å². The fraction of sp³-hybridized carbons (Fsp3) is 0.600. The molecule has 1 aliphatic rings. The largest absolute Gasteiger partial charge is 0.465 e. The quantitative estimate of drug-likeness (QED) is 0.530. The zero-order chi connectivity index (χ0) is 22.7. The molecule has 3 N–H and O–H groups in total. The molecule has 168 valence electrons. The number of amides is 1. The van der Waals surface area contributed by atoms with Crippen LogP contribution in [0.2, 0.25) is 0 Å². The van der Waals surface area contributed by atoms with Crippen LogP contribution in [0.1, 0.15) is 57.8 Å². The topological polar surface area (TPSA) is 123 Å². The van der Waals surface area contributed by atoms with E-state index >= 15 is 0 Å². The number of nitrogens with one attached hydrogen (secondary N) is 3. The van der Waals surface area contributed by atoms with E-state index in [1.54, 1.807) is 27.7 Å². The number of esters is 1. The first-order valence-electron chi connectivity index (χ1n) is 9.74. The fourth-order valence-electron chi connectivity index (χ4n) is 2.64. The summed E-state index contributed by atoms with van der Waals surface area (Å²) in [5, 5.41) is 5.74. The number of benzene rings is 1. The Morgan fingerprint density at radius 3 is 2.40 bits per heavy atom. The van der Waals surface area contributed by atoms with Gasteiger partial charge in [-0.15, -0.1) is 0 Å². The monoisotopic (exact) mass is 441 g/mol. The first-order valence-corrected chi connectivity index (χ1v) is 11.2. The van der Waals surface area contributed by atoms with Crippen LogP contribution in [0.15, 0.2) is 23.1 Å². The molecule has 0 saturated heterocycles. The maximum absolute atomic E-state index is 12.6. The van der Waals surface area contributed by atoms with E-state index in [1.807, 2.05) is 6.92 Å². The second-order valence-corrected chi connectivity index (χ2v) is 10.5. The summed E-state index contributed by atoms with van der Waals surface area (Å²) in [5.41, 5.74) is -0.545. The second kappa shape index (κ2) is 8.81. The first-order chi connectivity index (χ1) is 13.7. The van der Waals surface area contributed by atoms with Crippen molar-refractivity contribution in [3.8, 4) is 0 Å². The van der Waals surface area contributed by atoms with Crippen molar-refractivity contribution in [2.45, 2.75) is 69.5 Å². The molecule has 30 heavy (non-hydrogen) atoms. The summed E-state index contributed by atoms with van der Waals surface area (Å²) < 4.78 is 37.9. The Morgan fingerprint density at radius 2 is 1.87 bits per heavy atom. The Bertz CT molecular complexity index is 904. The number of carbonyl (C=O) groups is 2. The van der Waals surface area contributed by atoms with E-state index in [0.29, 0.717) is 5.69 Å². The highest BCUT2D eigenvalue weighted by Gasteiger charge is 2.41. The van der Waals surface area contributed by atoms with Crippen LogP contribution in [0, 0.1) is 0 Å². The van der Waals surface area contributed by atoms with Gasteiger partial charge < -0.3 is 20.1 Å². The lowest BCUT2D eigenvalue weighted by molar-refractivity contribution is 0.0524. The first kappa shape index (κ1) is 23.9. The minimum absolute atomic E-state index is 0.0129. The Kier molecular flexibility index (Phi) is 7.03. The molecule has 0 radical (unpaired) electrons. The minimum atomic E-state index is -3.76. The van der Waals surface area contributed by atoms with E-state index in [-0.39, 0.29) is 23.0 Å². The third-order valence-electron chi connectivity index (χ3n) is 4.44. The van der Waals surface area contributed by atoms with Gasteiger partial charge in [-0.1, -0.05) is 0 Å². The van der Waals surface area contributed by atoms with Crippen molar-refractivity contribution in [1.29, 1.82) is 0 Å². The highest BCUT2D eigenvalue weighted by molar-refractivity contribution is 7.89. The molecule has 0 spiro atoms. The third-order valence-corrected chi connectivity index (χ3v) is 6.08. The highest BCUT2D eigenvalue weighted by Crippen LogP contribution is 2.36. The normalized spacial score (nSPS) is 16.3. The van der Waals surface area contributed by atoms with Gasteiger partial charge >= 0.3 is 12.1 Å². The molecule has 1 aromatic rings. The van der Waals surface area contributed by atoms with Crippen LogP contribution in [-0.4, -0.2) is 51.3 Å². The molecule has 1 fully saturated rings. The number of ether oxygens (including phenoxy) is 2. The molecule has 0 aliphatic heterocycles. The molecule has 0 aromatic heterocycles. The van der Waals surface area contributed by atoms with Gasteiger partial charge in [-0.2, -0.15) is 0 Å². The maximum atomic E-state index is 12.6. The van der Waals surface area contributed by atoms with E-state index in [0.717, 1.165) is 12.8 Å². The van der Waals surface area contributed by atoms with Crippen molar-refractivity contribution in [3.05, 3.63) is 23.8 Å². The molecule has 9 nitrogen and oxygen atoms in total. The number of alkyl carbamates (subject to hydrolysis) is 1. The average molecular weight is 442 g/mol. The predicted molar refractivity (Wildman–Crippen MR) is 113 cm³/mol. The van der Waals surface area contributed by atoms with Crippen LogP contribution in [0.25, 0.3) is 0 Å². The van der Waals surface area contributed by atoms with Gasteiger partial charge in [0.25, 0.3) is 0 Å². The summed E-state index contributed by atoms with van der Waals surface area (Å²) in [6.07, 6.45) is 1.00. The summed E-state index contributed by atoms with van der Waals surface area (Å²) in [6, 6.07) is 3.96. The summed E-state index contributed by atoms with van der Waals surface area (Å²) in [6.45, 7) is 9.18. The Hall–Kier alpha value is -2.33. The van der Waals surface area contributed by atoms with Crippen molar-refractivity contribution in [2.75, 3.05) is 19.0 Å². The van der Waals surface area contributed by atoms with Crippen LogP contribution in [0.4, 0.5) is 10.5 Å². The molecule has 1 atom stereocenters. The zero-order valence-electron chi connectivity index (χ0n) is 18.3. The minimum Gasteiger partial charge on any atom is -0.465 e. The predicted octanol–water partition coefficient (Wildman–Crippen LogP) is 2.63. The van der Waals surface area contributed by atoms with Gasteiger partial charge in [-0.3, -0.25) is 0 Å². The number of hydrogen-bond acceptors (Lipinski definition) is 7. The molecule has 10 heteroatoms. The number of carbonyl (C=O) groups excluding carboxylic acids is 2. The number of rotatable bonds is 8. The van der Waals surface area contributed by atoms with Crippen molar-refractivity contribution >= 4 is 27.8 Å². The van der Waals surface area contributed by atoms with Crippen molar-refractivity contribution < 1.29 is 27.5 Å². The molecule has 1 saturated carbocycles. The lowest BCUT2D eigenvalue weighted by atomic mass is 10.1. The van der Waals surface area contributed by atoms with Gasteiger partial charge in [0.1, 0.15) is 5.60 Å². The maximum Gasteiger partial charge on any atom is 0.407 e. The zero-order valence-corrected chi connectivity index (χ0v) is 19.1. The molecule has 0 heterocycles. The lowest BCUT2D eigenvalue weighted by Gasteiger charge is -2.22. The lowest BCUT2D eigenvalue weighted by Crippen LogP contribution is -2.38. The Morgan fingerprint density at radius 1 is 1.23 bits per heavy atom. The number of anilines is 1. The van der Waals surface area contributed by atoms with Crippen molar-refractivity contribution in [1.82, 2.24) is 10.0 Å². The molecule has 1 amide bonds. The second-order valence-electron chi connectivity index (χ2n) is 8.79. The standard InChI is InChI=1S/C20H31N3O6S/c1-13(12-21-18(25)29-19(2,3)4)22-16-8-7-14(11-15(16)17(24)28-6)30(26,27)23-20(5)9-10-20/h7-8,11,13,22-23H,9-10,12H2,1-6H3,(H,21,25)/t13-/m1/s1. The van der Waals surface area contributed by atoms with E-state index in [9.17, 15) is 18.0 Å². The van der Waals surface area contributed by atoms with Crippen molar-refractivity contribution in [3.63, 3.8) is 0 Å². The van der Waals surface area contributed by atoms with Gasteiger partial charge in [-0.25, -0.2) is 22.7 Å². The van der Waals surface area contributed by atoms with Crippen LogP contribution in [0.3, 0.4) is 0 Å². The number of hydrogen-bond donors (Lipinski definition) is 3. The SMILES string of the molecule is COC(=O)c1cc(S(=O)(=O)NC2(C)CC2)ccc1N[C@H](C)CNC(=O)OC(C)(C)C. The summed E-state index contributed by atoms with van der Waals surface area (Å²) in [5.74, 6) is -0.667. The summed E-state index contributed by atoms with van der Waals surface area (Å²) in [7, 11) is -2.54. The van der Waals surface area contributed by atoms with E-state index in [2.05, 4.69) is 15.4 Å². The smallest absolute Gasteiger partial charge is 0.407 e. The summed E-state index contributed by atoms with van der Waals surface area (Å²) in [4.78, 5) is 24.0. The van der Waals surface area contributed by atoms with Crippen LogP contribution < -0.4 is 15.4 Å². The molecule has 0 unspecified atom stereocenters. The van der Waals surface area contributed by atoms with Gasteiger partial charge in [0, 0.05) is 23.8 Å². The van der Waals surface area contributed by atoms with Gasteiger partial charge in [0.2, 0.25) is 10.0 Å². The third kappa shape index (κ3) is 6.88. The highest BCUT2D eigenvalue weighted by atomic mass is 32.2. The molecule has 0 bridgehead atoms.